The molecule has 1 heterocycles. The van der Waals surface area contributed by atoms with Crippen LogP contribution in [-0.2, 0) is 10.2 Å². The highest BCUT2D eigenvalue weighted by molar-refractivity contribution is 6.06. The summed E-state index contributed by atoms with van der Waals surface area (Å²) in [6.07, 6.45) is 4.93. The average molecular weight is 213 g/mol. The maximum atomic E-state index is 12.3. The van der Waals surface area contributed by atoms with E-state index in [0.717, 1.165) is 18.0 Å². The van der Waals surface area contributed by atoms with Crippen molar-refractivity contribution in [2.75, 3.05) is 5.32 Å². The number of benzene rings is 1. The Balaban J connectivity index is 1.93. The molecule has 1 N–H and O–H groups in total. The molecule has 1 spiro atoms. The molecular weight excluding hydrogens is 198 g/mol. The van der Waals surface area contributed by atoms with Gasteiger partial charge in [-0.15, -0.1) is 0 Å². The van der Waals surface area contributed by atoms with Gasteiger partial charge in [0.05, 0.1) is 5.41 Å². The lowest BCUT2D eigenvalue weighted by Crippen LogP contribution is -2.39. The van der Waals surface area contributed by atoms with Gasteiger partial charge < -0.3 is 5.32 Å². The number of hydrogen-bond acceptors (Lipinski definition) is 1. The van der Waals surface area contributed by atoms with E-state index in [2.05, 4.69) is 17.4 Å². The van der Waals surface area contributed by atoms with Gasteiger partial charge in [-0.3, -0.25) is 4.79 Å². The lowest BCUT2D eigenvalue weighted by Gasteiger charge is -2.31. The molecule has 1 aliphatic heterocycles. The van der Waals surface area contributed by atoms with Crippen molar-refractivity contribution >= 4 is 11.6 Å². The second kappa shape index (κ2) is 2.68. The van der Waals surface area contributed by atoms with Gasteiger partial charge in [0.1, 0.15) is 0 Å². The fourth-order valence-electron chi connectivity index (χ4n) is 4.28. The molecule has 3 atom stereocenters. The number of anilines is 1. The molecule has 4 rings (SSSR count). The van der Waals surface area contributed by atoms with Crippen LogP contribution in [0.4, 0.5) is 5.69 Å². The zero-order chi connectivity index (χ0) is 10.8. The zero-order valence-corrected chi connectivity index (χ0v) is 9.20. The quantitative estimate of drug-likeness (QED) is 0.705. The smallest absolute Gasteiger partial charge is 0.235 e. The van der Waals surface area contributed by atoms with E-state index in [1.54, 1.807) is 0 Å². The van der Waals surface area contributed by atoms with Crippen LogP contribution in [0.15, 0.2) is 24.3 Å². The normalized spacial score (nSPS) is 39.1. The first-order valence-corrected chi connectivity index (χ1v) is 6.21. The highest BCUT2D eigenvalue weighted by Gasteiger charge is 2.59. The predicted molar refractivity (Wildman–Crippen MR) is 62.2 cm³/mol. The minimum atomic E-state index is -0.153. The van der Waals surface area contributed by atoms with E-state index in [0.29, 0.717) is 5.92 Å². The SMILES string of the molecule is O=C1Nc2ccccc2[C@]12C[C@H]1CC[C@H]2C1. The summed E-state index contributed by atoms with van der Waals surface area (Å²) in [6.45, 7) is 0. The summed E-state index contributed by atoms with van der Waals surface area (Å²) in [4.78, 5) is 12.3. The Morgan fingerprint density at radius 3 is 2.88 bits per heavy atom. The Morgan fingerprint density at radius 1 is 1.25 bits per heavy atom. The second-order valence-corrected chi connectivity index (χ2v) is 5.55. The molecule has 2 nitrogen and oxygen atoms in total. The number of carbonyl (C=O) groups is 1. The molecule has 0 unspecified atom stereocenters. The second-order valence-electron chi connectivity index (χ2n) is 5.55. The number of amides is 1. The predicted octanol–water partition coefficient (Wildman–Crippen LogP) is 2.70. The third-order valence-corrected chi connectivity index (χ3v) is 4.91. The lowest BCUT2D eigenvalue weighted by atomic mass is 9.69. The molecule has 2 bridgehead atoms. The molecule has 1 amide bonds. The Morgan fingerprint density at radius 2 is 2.12 bits per heavy atom. The summed E-state index contributed by atoms with van der Waals surface area (Å²) in [5.41, 5.74) is 2.17. The van der Waals surface area contributed by atoms with Crippen LogP contribution in [0.25, 0.3) is 0 Å². The molecule has 16 heavy (non-hydrogen) atoms. The standard InChI is InChI=1S/C14H15NO/c16-13-14(8-9-5-6-10(14)7-9)11-3-1-2-4-12(11)15-13/h1-4,9-10H,5-8H2,(H,15,16)/t9-,10-,14+/m0/s1. The molecule has 0 radical (unpaired) electrons. The van der Waals surface area contributed by atoms with Crippen LogP contribution >= 0.6 is 0 Å². The third kappa shape index (κ3) is 0.831. The van der Waals surface area contributed by atoms with Crippen molar-refractivity contribution in [2.24, 2.45) is 11.8 Å². The first-order chi connectivity index (χ1) is 7.80. The maximum absolute atomic E-state index is 12.3. The Labute approximate surface area is 95.0 Å². The number of hydrogen-bond donors (Lipinski definition) is 1. The van der Waals surface area contributed by atoms with Crippen molar-refractivity contribution in [1.82, 2.24) is 0 Å². The van der Waals surface area contributed by atoms with E-state index in [4.69, 9.17) is 0 Å². The average Bonchev–Trinajstić information content (AvgIpc) is 2.95. The van der Waals surface area contributed by atoms with Gasteiger partial charge in [-0.25, -0.2) is 0 Å². The summed E-state index contributed by atoms with van der Waals surface area (Å²) in [5, 5.41) is 3.08. The molecule has 2 saturated carbocycles. The van der Waals surface area contributed by atoms with Crippen molar-refractivity contribution in [3.63, 3.8) is 0 Å². The van der Waals surface area contributed by atoms with E-state index in [1.807, 2.05) is 12.1 Å². The minimum Gasteiger partial charge on any atom is -0.325 e. The van der Waals surface area contributed by atoms with Crippen LogP contribution < -0.4 is 5.32 Å². The number of carbonyl (C=O) groups excluding carboxylic acids is 1. The molecule has 0 aromatic heterocycles. The number of fused-ring (bicyclic) bond motifs is 5. The first kappa shape index (κ1) is 8.80. The van der Waals surface area contributed by atoms with Gasteiger partial charge in [0, 0.05) is 5.69 Å². The number of nitrogens with one attached hydrogen (secondary N) is 1. The fourth-order valence-corrected chi connectivity index (χ4v) is 4.28. The van der Waals surface area contributed by atoms with Gasteiger partial charge >= 0.3 is 0 Å². The molecule has 1 aromatic rings. The Kier molecular flexibility index (Phi) is 1.47. The Bertz CT molecular complexity index is 481. The van der Waals surface area contributed by atoms with Gasteiger partial charge in [0.15, 0.2) is 0 Å². The van der Waals surface area contributed by atoms with Crippen LogP contribution in [0.2, 0.25) is 0 Å². The summed E-state index contributed by atoms with van der Waals surface area (Å²) in [6, 6.07) is 8.25. The highest BCUT2D eigenvalue weighted by Crippen LogP contribution is 2.60. The highest BCUT2D eigenvalue weighted by atomic mass is 16.2. The van der Waals surface area contributed by atoms with E-state index >= 15 is 0 Å². The van der Waals surface area contributed by atoms with Crippen molar-refractivity contribution in [3.8, 4) is 0 Å². The summed E-state index contributed by atoms with van der Waals surface area (Å²) in [5.74, 6) is 1.66. The molecular formula is C14H15NO. The van der Waals surface area contributed by atoms with Crippen LogP contribution in [0.1, 0.15) is 31.2 Å². The van der Waals surface area contributed by atoms with E-state index in [-0.39, 0.29) is 11.3 Å². The van der Waals surface area contributed by atoms with Crippen LogP contribution in [0.3, 0.4) is 0 Å². The molecule has 3 aliphatic rings. The van der Waals surface area contributed by atoms with Crippen LogP contribution in [0.5, 0.6) is 0 Å². The van der Waals surface area contributed by atoms with Crippen molar-refractivity contribution in [3.05, 3.63) is 29.8 Å². The van der Waals surface area contributed by atoms with Crippen molar-refractivity contribution in [1.29, 1.82) is 0 Å². The summed E-state index contributed by atoms with van der Waals surface area (Å²) >= 11 is 0. The van der Waals surface area contributed by atoms with Gasteiger partial charge in [-0.1, -0.05) is 24.6 Å². The van der Waals surface area contributed by atoms with Crippen molar-refractivity contribution < 1.29 is 4.79 Å². The van der Waals surface area contributed by atoms with E-state index in [9.17, 15) is 4.79 Å². The first-order valence-electron chi connectivity index (χ1n) is 6.21. The van der Waals surface area contributed by atoms with E-state index < -0.39 is 0 Å². The monoisotopic (exact) mass is 213 g/mol. The molecule has 2 aliphatic carbocycles. The van der Waals surface area contributed by atoms with Crippen LogP contribution in [-0.4, -0.2) is 5.91 Å². The van der Waals surface area contributed by atoms with Gasteiger partial charge in [-0.2, -0.15) is 0 Å². The molecule has 0 saturated heterocycles. The summed E-state index contributed by atoms with van der Waals surface area (Å²) in [7, 11) is 0. The zero-order valence-electron chi connectivity index (χ0n) is 9.20. The Hall–Kier alpha value is -1.31. The molecule has 2 heteroatoms. The summed E-state index contributed by atoms with van der Waals surface area (Å²) < 4.78 is 0. The molecule has 82 valence electrons. The van der Waals surface area contributed by atoms with Gasteiger partial charge in [0.25, 0.3) is 0 Å². The number of para-hydroxylation sites is 1. The minimum absolute atomic E-state index is 0.153. The number of rotatable bonds is 0. The topological polar surface area (TPSA) is 29.1 Å². The molecule has 1 aromatic carbocycles. The fraction of sp³-hybridized carbons (Fsp3) is 0.500. The van der Waals surface area contributed by atoms with Crippen molar-refractivity contribution in [2.45, 2.75) is 31.1 Å². The van der Waals surface area contributed by atoms with Crippen LogP contribution in [0, 0.1) is 11.8 Å². The van der Waals surface area contributed by atoms with E-state index in [1.165, 1.54) is 24.8 Å². The third-order valence-electron chi connectivity index (χ3n) is 4.91. The largest absolute Gasteiger partial charge is 0.325 e. The van der Waals surface area contributed by atoms with Gasteiger partial charge in [-0.05, 0) is 42.7 Å². The lowest BCUT2D eigenvalue weighted by molar-refractivity contribution is -0.122. The molecule has 2 fully saturated rings. The maximum Gasteiger partial charge on any atom is 0.235 e. The van der Waals surface area contributed by atoms with Gasteiger partial charge in [0.2, 0.25) is 5.91 Å².